The molecule has 2 saturated carbocycles. The molecule has 0 bridgehead atoms. The van der Waals surface area contributed by atoms with Crippen molar-refractivity contribution in [2.24, 2.45) is 16.4 Å². The van der Waals surface area contributed by atoms with Gasteiger partial charge in [0.05, 0.1) is 0 Å². The van der Waals surface area contributed by atoms with Crippen LogP contribution in [0.4, 0.5) is 0 Å². The maximum absolute atomic E-state index is 12.4. The summed E-state index contributed by atoms with van der Waals surface area (Å²) in [6.07, 6.45) is 8.55. The molecule has 0 heterocycles. The van der Waals surface area contributed by atoms with Gasteiger partial charge in [0.25, 0.3) is 0 Å². The van der Waals surface area contributed by atoms with Gasteiger partial charge < -0.3 is 4.74 Å². The zero-order valence-corrected chi connectivity index (χ0v) is 14.9. The number of carbonyl (C=O) groups is 2. The summed E-state index contributed by atoms with van der Waals surface area (Å²) in [5, 5.41) is 3.92. The first kappa shape index (κ1) is 18.8. The first-order valence-electron chi connectivity index (χ1n) is 9.28. The van der Waals surface area contributed by atoms with Crippen LogP contribution in [-0.4, -0.2) is 23.9 Å². The minimum atomic E-state index is -0.320. The lowest BCUT2D eigenvalue weighted by molar-refractivity contribution is -0.166. The van der Waals surface area contributed by atoms with E-state index in [-0.39, 0.29) is 29.4 Å². The van der Waals surface area contributed by atoms with Gasteiger partial charge in [-0.2, -0.15) is 0 Å². The molecule has 0 aromatic heterocycles. The smallest absolute Gasteiger partial charge is 0.302 e. The molecular weight excluding hydrogens is 306 g/mol. The molecule has 134 valence electrons. The first-order chi connectivity index (χ1) is 11.5. The summed E-state index contributed by atoms with van der Waals surface area (Å²) in [6.45, 7) is 3.51. The molecule has 6 nitrogen and oxygen atoms in total. The number of carbonyl (C=O) groups excluding carboxylic acids is 2. The highest BCUT2D eigenvalue weighted by Gasteiger charge is 2.55. The van der Waals surface area contributed by atoms with Crippen LogP contribution in [0, 0.1) is 11.3 Å². The molecule has 6 heteroatoms. The second-order valence-electron chi connectivity index (χ2n) is 7.32. The van der Waals surface area contributed by atoms with Gasteiger partial charge in [-0.05, 0) is 37.6 Å². The second-order valence-corrected chi connectivity index (χ2v) is 7.32. The highest BCUT2D eigenvalue weighted by molar-refractivity contribution is 5.91. The van der Waals surface area contributed by atoms with E-state index in [1.165, 1.54) is 6.92 Å². The van der Waals surface area contributed by atoms with Gasteiger partial charge in [-0.1, -0.05) is 37.7 Å². The monoisotopic (exact) mass is 335 g/mol. The summed E-state index contributed by atoms with van der Waals surface area (Å²) in [4.78, 5) is 27.0. The molecule has 0 aliphatic heterocycles. The van der Waals surface area contributed by atoms with E-state index in [2.05, 4.69) is 16.9 Å². The van der Waals surface area contributed by atoms with E-state index in [0.717, 1.165) is 51.4 Å². The van der Waals surface area contributed by atoms with E-state index in [1.807, 2.05) is 0 Å². The molecule has 0 saturated heterocycles. The van der Waals surface area contributed by atoms with Crippen molar-refractivity contribution in [3.05, 3.63) is 10.4 Å². The largest absolute Gasteiger partial charge is 0.462 e. The molecule has 2 rings (SSSR count). The number of ketones is 1. The predicted octanol–water partition coefficient (Wildman–Crippen LogP) is 4.72. The fourth-order valence-corrected chi connectivity index (χ4v) is 4.52. The van der Waals surface area contributed by atoms with Gasteiger partial charge in [0.15, 0.2) is 0 Å². The van der Waals surface area contributed by atoms with E-state index in [9.17, 15) is 9.59 Å². The van der Waals surface area contributed by atoms with Gasteiger partial charge in [-0.25, -0.2) is 0 Å². The minimum absolute atomic E-state index is 0.0782. The molecule has 0 aromatic carbocycles. The molecule has 0 radical (unpaired) electrons. The number of esters is 1. The normalized spacial score (nSPS) is 28.6. The van der Waals surface area contributed by atoms with Gasteiger partial charge in [-0.15, -0.1) is 0 Å². The molecular formula is C18H29N3O3. The quantitative estimate of drug-likeness (QED) is 0.278. The Kier molecular flexibility index (Phi) is 6.67. The van der Waals surface area contributed by atoms with Crippen molar-refractivity contribution >= 4 is 11.8 Å². The number of hydrogen-bond acceptors (Lipinski definition) is 4. The van der Waals surface area contributed by atoms with E-state index in [1.54, 1.807) is 0 Å². The number of azide groups is 1. The van der Waals surface area contributed by atoms with Crippen molar-refractivity contribution in [2.75, 3.05) is 0 Å². The third-order valence-electron chi connectivity index (χ3n) is 5.83. The topological polar surface area (TPSA) is 92.1 Å². The summed E-state index contributed by atoms with van der Waals surface area (Å²) in [7, 11) is 0. The first-order valence-corrected chi connectivity index (χ1v) is 9.28. The van der Waals surface area contributed by atoms with Crippen LogP contribution in [0.5, 0.6) is 0 Å². The summed E-state index contributed by atoms with van der Waals surface area (Å²) < 4.78 is 5.65. The Bertz CT molecular complexity index is 516. The van der Waals surface area contributed by atoms with Crippen LogP contribution in [0.3, 0.4) is 0 Å². The lowest BCUT2D eigenvalue weighted by Crippen LogP contribution is -2.53. The number of nitrogens with zero attached hydrogens (tertiary/aromatic N) is 3. The van der Waals surface area contributed by atoms with Crippen LogP contribution < -0.4 is 0 Å². The van der Waals surface area contributed by atoms with Gasteiger partial charge in [0.2, 0.25) is 0 Å². The highest BCUT2D eigenvalue weighted by Crippen LogP contribution is 2.54. The number of unbranched alkanes of at least 4 members (excludes halogenated alkanes) is 1. The SMILES string of the molecule is CCCC[C@@H](C[C@H](OC(C)=O)[C@H]1CCCC[C@@]12CCC2=O)N=[N+]=[N-]. The van der Waals surface area contributed by atoms with Gasteiger partial charge in [0.1, 0.15) is 11.9 Å². The fraction of sp³-hybridized carbons (Fsp3) is 0.889. The van der Waals surface area contributed by atoms with Crippen molar-refractivity contribution in [1.82, 2.24) is 0 Å². The number of rotatable bonds is 8. The lowest BCUT2D eigenvalue weighted by atomic mass is 9.52. The van der Waals surface area contributed by atoms with E-state index in [0.29, 0.717) is 18.6 Å². The van der Waals surface area contributed by atoms with Crippen molar-refractivity contribution < 1.29 is 14.3 Å². The maximum Gasteiger partial charge on any atom is 0.302 e. The Hall–Kier alpha value is -1.55. The number of Topliss-reactive ketones (excluding diaryl/α,β-unsaturated/α-hetero) is 1. The van der Waals surface area contributed by atoms with Crippen LogP contribution in [0.1, 0.15) is 78.1 Å². The van der Waals surface area contributed by atoms with Crippen LogP contribution in [0.2, 0.25) is 0 Å². The molecule has 0 unspecified atom stereocenters. The van der Waals surface area contributed by atoms with Crippen LogP contribution in [0.15, 0.2) is 5.11 Å². The summed E-state index contributed by atoms with van der Waals surface area (Å²) in [6, 6.07) is -0.173. The van der Waals surface area contributed by atoms with Crippen molar-refractivity contribution in [2.45, 2.75) is 90.2 Å². The fourth-order valence-electron chi connectivity index (χ4n) is 4.52. The standard InChI is InChI=1S/C18H29N3O3/c1-3-4-7-14(20-21-19)12-16(24-13(2)22)15-8-5-6-10-18(15)11-9-17(18)23/h14-16H,3-12H2,1-2H3/t14-,15+,16-,18+/m0/s1. The molecule has 24 heavy (non-hydrogen) atoms. The molecule has 2 aliphatic carbocycles. The van der Waals surface area contributed by atoms with Crippen molar-refractivity contribution in [3.8, 4) is 0 Å². The molecule has 1 spiro atoms. The Morgan fingerprint density at radius 1 is 1.46 bits per heavy atom. The summed E-state index contributed by atoms with van der Waals surface area (Å²) in [5.74, 6) is 0.0929. The van der Waals surface area contributed by atoms with Gasteiger partial charge >= 0.3 is 5.97 Å². The highest BCUT2D eigenvalue weighted by atomic mass is 16.5. The Morgan fingerprint density at radius 3 is 2.79 bits per heavy atom. The molecule has 0 amide bonds. The molecule has 2 fully saturated rings. The Labute approximate surface area is 144 Å². The van der Waals surface area contributed by atoms with Gasteiger partial charge in [0, 0.05) is 35.6 Å². The van der Waals surface area contributed by atoms with E-state index >= 15 is 0 Å². The average molecular weight is 335 g/mol. The van der Waals surface area contributed by atoms with Crippen molar-refractivity contribution in [3.63, 3.8) is 0 Å². The summed E-state index contributed by atoms with van der Waals surface area (Å²) in [5.41, 5.74) is 8.55. The molecule has 2 aliphatic rings. The van der Waals surface area contributed by atoms with Crippen molar-refractivity contribution in [1.29, 1.82) is 0 Å². The third kappa shape index (κ3) is 4.10. The van der Waals surface area contributed by atoms with Crippen LogP contribution in [0.25, 0.3) is 10.4 Å². The minimum Gasteiger partial charge on any atom is -0.462 e. The van der Waals surface area contributed by atoms with Crippen LogP contribution >= 0.6 is 0 Å². The maximum atomic E-state index is 12.4. The van der Waals surface area contributed by atoms with Gasteiger partial charge in [-0.3, -0.25) is 9.59 Å². The average Bonchev–Trinajstić information content (AvgIpc) is 2.57. The second kappa shape index (κ2) is 8.52. The third-order valence-corrected chi connectivity index (χ3v) is 5.83. The Morgan fingerprint density at radius 2 is 2.25 bits per heavy atom. The lowest BCUT2D eigenvalue weighted by Gasteiger charge is -2.51. The van der Waals surface area contributed by atoms with E-state index in [4.69, 9.17) is 10.3 Å². The predicted molar refractivity (Wildman–Crippen MR) is 91.3 cm³/mol. The van der Waals surface area contributed by atoms with Crippen LogP contribution in [-0.2, 0) is 14.3 Å². The Balaban J connectivity index is 2.17. The number of ether oxygens (including phenoxy) is 1. The summed E-state index contributed by atoms with van der Waals surface area (Å²) >= 11 is 0. The van der Waals surface area contributed by atoms with E-state index < -0.39 is 0 Å². The molecule has 0 aromatic rings. The molecule has 4 atom stereocenters. The zero-order valence-electron chi connectivity index (χ0n) is 14.9. The molecule has 0 N–H and O–H groups in total. The number of hydrogen-bond donors (Lipinski definition) is 0. The zero-order chi connectivity index (χ0) is 17.6.